The lowest BCUT2D eigenvalue weighted by molar-refractivity contribution is -0.151. The van der Waals surface area contributed by atoms with Gasteiger partial charge in [-0.25, -0.2) is 0 Å². The number of phenols is 2. The summed E-state index contributed by atoms with van der Waals surface area (Å²) in [6.07, 6.45) is -1.76. The molecule has 8 nitrogen and oxygen atoms in total. The number of nitrogens with two attached hydrogens (primary N) is 1. The highest BCUT2D eigenvalue weighted by molar-refractivity contribution is 6.30. The fourth-order valence-corrected chi connectivity index (χ4v) is 3.63. The van der Waals surface area contributed by atoms with E-state index in [0.717, 1.165) is 0 Å². The predicted molar refractivity (Wildman–Crippen MR) is 89.4 cm³/mol. The summed E-state index contributed by atoms with van der Waals surface area (Å²) < 4.78 is 5.11. The summed E-state index contributed by atoms with van der Waals surface area (Å²) in [5.41, 5.74) is 5.00. The van der Waals surface area contributed by atoms with Crippen LogP contribution in [0.1, 0.15) is 55.5 Å². The van der Waals surface area contributed by atoms with Crippen molar-refractivity contribution in [3.63, 3.8) is 0 Å². The third-order valence-electron chi connectivity index (χ3n) is 4.73. The number of amides is 1. The van der Waals surface area contributed by atoms with Crippen LogP contribution in [0.3, 0.4) is 0 Å². The molecule has 4 N–H and O–H groups in total. The molecular formula is C19H13NO7. The Balaban J connectivity index is 1.98. The van der Waals surface area contributed by atoms with Crippen molar-refractivity contribution in [3.05, 3.63) is 57.6 Å². The largest absolute Gasteiger partial charge is 0.507 e. The maximum absolute atomic E-state index is 12.9. The quantitative estimate of drug-likeness (QED) is 0.570. The topological polar surface area (TPSA) is 144 Å². The van der Waals surface area contributed by atoms with Crippen LogP contribution in [-0.4, -0.2) is 33.7 Å². The first kappa shape index (κ1) is 16.8. The monoisotopic (exact) mass is 367 g/mol. The molecular weight excluding hydrogens is 354 g/mol. The summed E-state index contributed by atoms with van der Waals surface area (Å²) in [5.74, 6) is -3.61. The van der Waals surface area contributed by atoms with Crippen LogP contribution in [0.4, 0.5) is 0 Å². The van der Waals surface area contributed by atoms with Crippen molar-refractivity contribution < 1.29 is 34.1 Å². The maximum atomic E-state index is 12.9. The fraction of sp³-hybridized carbons (Fsp3) is 0.158. The molecule has 27 heavy (non-hydrogen) atoms. The third kappa shape index (κ3) is 2.37. The Morgan fingerprint density at radius 3 is 2.56 bits per heavy atom. The highest BCUT2D eigenvalue weighted by atomic mass is 16.5. The molecule has 0 saturated carbocycles. The average molecular weight is 367 g/mol. The van der Waals surface area contributed by atoms with Crippen molar-refractivity contribution in [2.75, 3.05) is 0 Å². The molecule has 0 spiro atoms. The average Bonchev–Trinajstić information content (AvgIpc) is 2.58. The van der Waals surface area contributed by atoms with Gasteiger partial charge in [-0.1, -0.05) is 12.1 Å². The zero-order valence-corrected chi connectivity index (χ0v) is 13.8. The number of hydrogen-bond acceptors (Lipinski definition) is 7. The van der Waals surface area contributed by atoms with Gasteiger partial charge in [-0.05, 0) is 17.7 Å². The number of ketones is 2. The molecule has 0 bridgehead atoms. The Kier molecular flexibility index (Phi) is 3.52. The molecule has 0 saturated heterocycles. The molecule has 0 radical (unpaired) electrons. The molecule has 1 amide bonds. The van der Waals surface area contributed by atoms with Crippen LogP contribution in [0.15, 0.2) is 24.3 Å². The van der Waals surface area contributed by atoms with E-state index < -0.39 is 35.3 Å². The highest BCUT2D eigenvalue weighted by Crippen LogP contribution is 2.44. The smallest absolute Gasteiger partial charge is 0.310 e. The normalized spacial score (nSPS) is 17.6. The van der Waals surface area contributed by atoms with Gasteiger partial charge in [0.25, 0.3) is 0 Å². The molecule has 8 heteroatoms. The number of phenolic OH excluding ortho intramolecular Hbond substituents is 2. The Labute approximate surface area is 152 Å². The Hall–Kier alpha value is -3.68. The molecule has 1 aliphatic carbocycles. The molecule has 1 aliphatic heterocycles. The van der Waals surface area contributed by atoms with E-state index in [1.54, 1.807) is 0 Å². The van der Waals surface area contributed by atoms with E-state index >= 15 is 0 Å². The van der Waals surface area contributed by atoms with E-state index in [1.807, 2.05) is 0 Å². The summed E-state index contributed by atoms with van der Waals surface area (Å²) in [5, 5.41) is 20.8. The minimum absolute atomic E-state index is 0.0129. The van der Waals surface area contributed by atoms with E-state index in [4.69, 9.17) is 10.5 Å². The van der Waals surface area contributed by atoms with Crippen molar-refractivity contribution in [1.29, 1.82) is 0 Å². The van der Waals surface area contributed by atoms with Gasteiger partial charge in [0.1, 0.15) is 17.6 Å². The number of aromatic hydroxyl groups is 2. The number of cyclic esters (lactones) is 1. The van der Waals surface area contributed by atoms with Crippen molar-refractivity contribution in [2.24, 2.45) is 5.73 Å². The van der Waals surface area contributed by atoms with Gasteiger partial charge in [-0.2, -0.15) is 0 Å². The molecule has 2 aromatic carbocycles. The lowest BCUT2D eigenvalue weighted by Gasteiger charge is -2.29. The maximum Gasteiger partial charge on any atom is 0.310 e. The number of fused-ring (bicyclic) bond motifs is 3. The van der Waals surface area contributed by atoms with E-state index in [-0.39, 0.29) is 46.4 Å². The van der Waals surface area contributed by atoms with Crippen LogP contribution in [0.25, 0.3) is 0 Å². The van der Waals surface area contributed by atoms with E-state index in [2.05, 4.69) is 0 Å². The second-order valence-electron chi connectivity index (χ2n) is 6.40. The minimum atomic E-state index is -1.15. The van der Waals surface area contributed by atoms with E-state index in [0.29, 0.717) is 5.56 Å². The molecule has 0 fully saturated rings. The number of rotatable bonds is 2. The number of ether oxygens (including phenoxy) is 1. The highest BCUT2D eigenvalue weighted by Gasteiger charge is 2.39. The first-order chi connectivity index (χ1) is 12.8. The van der Waals surface area contributed by atoms with Crippen molar-refractivity contribution >= 4 is 23.4 Å². The number of carbonyl (C=O) groups is 4. The number of carbonyl (C=O) groups excluding carboxylic acids is 4. The molecule has 2 aromatic rings. The number of benzene rings is 2. The van der Waals surface area contributed by atoms with Crippen molar-refractivity contribution in [1.82, 2.24) is 0 Å². The summed E-state index contributed by atoms with van der Waals surface area (Å²) in [4.78, 5) is 48.9. The lowest BCUT2D eigenvalue weighted by Crippen LogP contribution is -2.28. The second-order valence-corrected chi connectivity index (χ2v) is 6.40. The van der Waals surface area contributed by atoms with Crippen LogP contribution >= 0.6 is 0 Å². The second kappa shape index (κ2) is 5.66. The van der Waals surface area contributed by atoms with Crippen molar-refractivity contribution in [2.45, 2.75) is 18.9 Å². The fourth-order valence-electron chi connectivity index (χ4n) is 3.63. The summed E-state index contributed by atoms with van der Waals surface area (Å²) in [7, 11) is 0. The summed E-state index contributed by atoms with van der Waals surface area (Å²) in [6.45, 7) is 0. The molecule has 136 valence electrons. The van der Waals surface area contributed by atoms with Gasteiger partial charge in [0.2, 0.25) is 11.7 Å². The molecule has 1 atom stereocenters. The SMILES string of the molecule is NC(=O)C[C@H]1OC(=O)Cc2cc3c(c(O)c21)C(=O)c1c(O)cccc1C3=O. The standard InChI is InChI=1S/C19H13NO7/c20-12(22)6-11-14-7(5-13(23)27-11)4-9-16(18(14)25)19(26)15-8(17(9)24)2-1-3-10(15)21/h1-4,11,21,25H,5-6H2,(H2,20,22)/t11-/m1/s1. The molecule has 2 aliphatic rings. The van der Waals surface area contributed by atoms with Gasteiger partial charge in [0.15, 0.2) is 5.78 Å². The van der Waals surface area contributed by atoms with Crippen LogP contribution in [0, 0.1) is 0 Å². The van der Waals surface area contributed by atoms with Gasteiger partial charge < -0.3 is 20.7 Å². The third-order valence-corrected chi connectivity index (χ3v) is 4.73. The number of esters is 1. The Bertz CT molecular complexity index is 1070. The van der Waals surface area contributed by atoms with E-state index in [1.165, 1.54) is 24.3 Å². The first-order valence-electron chi connectivity index (χ1n) is 8.07. The number of hydrogen-bond donors (Lipinski definition) is 3. The van der Waals surface area contributed by atoms with Gasteiger partial charge in [0, 0.05) is 16.7 Å². The van der Waals surface area contributed by atoms with Gasteiger partial charge in [0.05, 0.1) is 24.0 Å². The zero-order chi connectivity index (χ0) is 19.5. The first-order valence-corrected chi connectivity index (χ1v) is 8.07. The Morgan fingerprint density at radius 2 is 1.85 bits per heavy atom. The van der Waals surface area contributed by atoms with E-state index in [9.17, 15) is 29.4 Å². The van der Waals surface area contributed by atoms with Crippen LogP contribution in [-0.2, 0) is 20.7 Å². The van der Waals surface area contributed by atoms with Gasteiger partial charge >= 0.3 is 5.97 Å². The Morgan fingerprint density at radius 1 is 1.11 bits per heavy atom. The zero-order valence-electron chi connectivity index (χ0n) is 13.8. The predicted octanol–water partition coefficient (Wildman–Crippen LogP) is 0.889. The lowest BCUT2D eigenvalue weighted by atomic mass is 9.79. The molecule has 4 rings (SSSR count). The van der Waals surface area contributed by atoms with Crippen LogP contribution < -0.4 is 5.73 Å². The van der Waals surface area contributed by atoms with Crippen molar-refractivity contribution in [3.8, 4) is 11.5 Å². The van der Waals surface area contributed by atoms with Gasteiger partial charge in [-0.3, -0.25) is 19.2 Å². The summed E-state index contributed by atoms with van der Waals surface area (Å²) >= 11 is 0. The van der Waals surface area contributed by atoms with Crippen LogP contribution in [0.2, 0.25) is 0 Å². The summed E-state index contributed by atoms with van der Waals surface area (Å²) in [6, 6.07) is 5.45. The van der Waals surface area contributed by atoms with Gasteiger partial charge in [-0.15, -0.1) is 0 Å². The minimum Gasteiger partial charge on any atom is -0.507 e. The number of primary amides is 1. The molecule has 0 aromatic heterocycles. The van der Waals surface area contributed by atoms with Crippen LogP contribution in [0.5, 0.6) is 11.5 Å². The molecule has 0 unspecified atom stereocenters. The molecule has 1 heterocycles.